The summed E-state index contributed by atoms with van der Waals surface area (Å²) >= 11 is 10.3. The summed E-state index contributed by atoms with van der Waals surface area (Å²) < 4.78 is 0.507. The zero-order valence-electron chi connectivity index (χ0n) is 8.73. The van der Waals surface area contributed by atoms with Gasteiger partial charge in [0.1, 0.15) is 0 Å². The van der Waals surface area contributed by atoms with E-state index in [1.54, 1.807) is 0 Å². The molecule has 0 amide bonds. The number of hydrogen-bond donors (Lipinski definition) is 0. The third kappa shape index (κ3) is 2.83. The molecule has 0 saturated carbocycles. The third-order valence-corrected chi connectivity index (χ3v) is 12.8. The molecule has 0 spiro atoms. The van der Waals surface area contributed by atoms with E-state index in [1.165, 1.54) is 24.3 Å². The second kappa shape index (κ2) is 4.82. The zero-order chi connectivity index (χ0) is 9.95. The highest BCUT2D eigenvalue weighted by molar-refractivity contribution is 8.21. The van der Waals surface area contributed by atoms with Gasteiger partial charge < -0.3 is 0 Å². The van der Waals surface area contributed by atoms with E-state index in [9.17, 15) is 0 Å². The molecule has 78 valence electrons. The fourth-order valence-corrected chi connectivity index (χ4v) is 10.0. The molecule has 0 atom stereocenters. The van der Waals surface area contributed by atoms with Crippen LogP contribution in [-0.4, -0.2) is 29.2 Å². The Morgan fingerprint density at radius 2 is 1.77 bits per heavy atom. The minimum Gasteiger partial charge on any atom is -0.148 e. The van der Waals surface area contributed by atoms with Crippen LogP contribution >= 0.6 is 35.1 Å². The van der Waals surface area contributed by atoms with Gasteiger partial charge >= 0.3 is 0 Å². The van der Waals surface area contributed by atoms with E-state index in [-0.39, 0.29) is 0 Å². The van der Waals surface area contributed by atoms with Gasteiger partial charge in [0, 0.05) is 5.88 Å². The molecular formula is C9H19ClS2Si. The molecule has 4 heteroatoms. The Labute approximate surface area is 96.6 Å². The van der Waals surface area contributed by atoms with Crippen LogP contribution in [0, 0.1) is 0 Å². The van der Waals surface area contributed by atoms with Crippen molar-refractivity contribution in [3.8, 4) is 0 Å². The molecule has 1 fully saturated rings. The molecule has 1 aliphatic heterocycles. The third-order valence-electron chi connectivity index (χ3n) is 2.53. The predicted octanol–water partition coefficient (Wildman–Crippen LogP) is 4.06. The quantitative estimate of drug-likeness (QED) is 0.550. The van der Waals surface area contributed by atoms with Crippen molar-refractivity contribution in [3.63, 3.8) is 0 Å². The average molecular weight is 255 g/mol. The van der Waals surface area contributed by atoms with E-state index in [1.807, 2.05) is 0 Å². The molecule has 0 unspecified atom stereocenters. The fourth-order valence-electron chi connectivity index (χ4n) is 1.65. The summed E-state index contributed by atoms with van der Waals surface area (Å²) in [6.45, 7) is 7.43. The van der Waals surface area contributed by atoms with Crippen LogP contribution in [0.3, 0.4) is 0 Å². The molecule has 0 aromatic heterocycles. The van der Waals surface area contributed by atoms with Crippen molar-refractivity contribution < 1.29 is 0 Å². The molecule has 0 N–H and O–H groups in total. The lowest BCUT2D eigenvalue weighted by atomic mass is 10.5. The van der Waals surface area contributed by atoms with Crippen molar-refractivity contribution in [2.45, 2.75) is 36.2 Å². The largest absolute Gasteiger partial charge is 0.148 e. The molecule has 0 radical (unpaired) electrons. The molecule has 0 bridgehead atoms. The maximum Gasteiger partial charge on any atom is 0.0752 e. The molecule has 1 aliphatic rings. The standard InChI is InChI=1S/C9H19ClS2Si/c1-13(2,3)9(5-6-10)11-7-4-8-12-9/h4-8H2,1-3H3. The molecule has 0 aromatic carbocycles. The summed E-state index contributed by atoms with van der Waals surface area (Å²) in [5.74, 6) is 3.51. The second-order valence-electron chi connectivity index (χ2n) is 4.49. The first-order valence-corrected chi connectivity index (χ1v) is 10.9. The van der Waals surface area contributed by atoms with Gasteiger partial charge in [0.25, 0.3) is 0 Å². The van der Waals surface area contributed by atoms with E-state index < -0.39 is 8.07 Å². The Kier molecular flexibility index (Phi) is 4.55. The lowest BCUT2D eigenvalue weighted by Gasteiger charge is -2.45. The van der Waals surface area contributed by atoms with Crippen LogP contribution < -0.4 is 0 Å². The van der Waals surface area contributed by atoms with E-state index in [4.69, 9.17) is 11.6 Å². The summed E-state index contributed by atoms with van der Waals surface area (Å²) in [5, 5.41) is 0. The molecule has 0 nitrogen and oxygen atoms in total. The molecule has 1 saturated heterocycles. The van der Waals surface area contributed by atoms with Gasteiger partial charge in [-0.05, 0) is 24.3 Å². The fraction of sp³-hybridized carbons (Fsp3) is 1.00. The number of thioether (sulfide) groups is 2. The van der Waals surface area contributed by atoms with Gasteiger partial charge in [0.05, 0.1) is 11.8 Å². The maximum absolute atomic E-state index is 5.93. The second-order valence-corrected chi connectivity index (χ2v) is 14.0. The first-order chi connectivity index (χ1) is 6.02. The van der Waals surface area contributed by atoms with Gasteiger partial charge in [0.15, 0.2) is 0 Å². The van der Waals surface area contributed by atoms with Gasteiger partial charge in [-0.15, -0.1) is 35.1 Å². The van der Waals surface area contributed by atoms with Gasteiger partial charge in [0.2, 0.25) is 0 Å². The monoisotopic (exact) mass is 254 g/mol. The summed E-state index contributed by atoms with van der Waals surface area (Å²) in [4.78, 5) is 0. The SMILES string of the molecule is C[Si](C)(C)C1(CCCl)SCCCS1. The lowest BCUT2D eigenvalue weighted by Crippen LogP contribution is -2.49. The predicted molar refractivity (Wildman–Crippen MR) is 70.9 cm³/mol. The van der Waals surface area contributed by atoms with Gasteiger partial charge in [-0.25, -0.2) is 0 Å². The van der Waals surface area contributed by atoms with Crippen molar-refractivity contribution in [2.75, 3.05) is 17.4 Å². The minimum absolute atomic E-state index is 0.507. The molecule has 1 rings (SSSR count). The van der Waals surface area contributed by atoms with E-state index in [0.717, 1.165) is 5.88 Å². The van der Waals surface area contributed by atoms with Gasteiger partial charge in [-0.3, -0.25) is 0 Å². The van der Waals surface area contributed by atoms with Crippen molar-refractivity contribution in [2.24, 2.45) is 0 Å². The Morgan fingerprint density at radius 3 is 2.15 bits per heavy atom. The highest BCUT2D eigenvalue weighted by Gasteiger charge is 2.44. The summed E-state index contributed by atoms with van der Waals surface area (Å²) in [5.41, 5.74) is 0. The van der Waals surface area contributed by atoms with Crippen molar-refractivity contribution in [3.05, 3.63) is 0 Å². The van der Waals surface area contributed by atoms with Crippen molar-refractivity contribution in [1.29, 1.82) is 0 Å². The maximum atomic E-state index is 5.93. The number of hydrogen-bond acceptors (Lipinski definition) is 2. The molecule has 13 heavy (non-hydrogen) atoms. The summed E-state index contributed by atoms with van der Waals surface area (Å²) in [6, 6.07) is 0. The number of alkyl halides is 1. The molecule has 1 heterocycles. The highest BCUT2D eigenvalue weighted by Crippen LogP contribution is 2.50. The van der Waals surface area contributed by atoms with E-state index in [2.05, 4.69) is 43.2 Å². The van der Waals surface area contributed by atoms with Gasteiger partial charge in [-0.1, -0.05) is 19.6 Å². The lowest BCUT2D eigenvalue weighted by molar-refractivity contribution is 0.938. The number of rotatable bonds is 3. The minimum atomic E-state index is -1.09. The smallest absolute Gasteiger partial charge is 0.0752 e. The first kappa shape index (κ1) is 12.3. The van der Waals surface area contributed by atoms with E-state index in [0.29, 0.717) is 3.70 Å². The van der Waals surface area contributed by atoms with Crippen LogP contribution in [0.4, 0.5) is 0 Å². The Balaban J connectivity index is 2.73. The summed E-state index contributed by atoms with van der Waals surface area (Å²) in [6.07, 6.45) is 2.57. The Bertz CT molecular complexity index is 156. The topological polar surface area (TPSA) is 0 Å². The van der Waals surface area contributed by atoms with Crippen LogP contribution in [0.1, 0.15) is 12.8 Å². The average Bonchev–Trinajstić information content (AvgIpc) is 2.04. The van der Waals surface area contributed by atoms with Crippen LogP contribution in [-0.2, 0) is 0 Å². The van der Waals surface area contributed by atoms with Crippen molar-refractivity contribution in [1.82, 2.24) is 0 Å². The Morgan fingerprint density at radius 1 is 1.23 bits per heavy atom. The van der Waals surface area contributed by atoms with Crippen LogP contribution in [0.5, 0.6) is 0 Å². The van der Waals surface area contributed by atoms with Crippen molar-refractivity contribution >= 4 is 43.2 Å². The number of halogens is 1. The summed E-state index contributed by atoms with van der Waals surface area (Å²) in [7, 11) is -1.09. The van der Waals surface area contributed by atoms with Gasteiger partial charge in [-0.2, -0.15) is 0 Å². The van der Waals surface area contributed by atoms with Crippen LogP contribution in [0.2, 0.25) is 19.6 Å². The zero-order valence-corrected chi connectivity index (χ0v) is 12.1. The Hall–Kier alpha value is 1.21. The molecular weight excluding hydrogens is 236 g/mol. The molecule has 0 aromatic rings. The molecule has 0 aliphatic carbocycles. The first-order valence-electron chi connectivity index (χ1n) is 4.86. The van der Waals surface area contributed by atoms with Crippen LogP contribution in [0.15, 0.2) is 0 Å². The van der Waals surface area contributed by atoms with E-state index >= 15 is 0 Å². The normalized spacial score (nSPS) is 23.1. The van der Waals surface area contributed by atoms with Crippen LogP contribution in [0.25, 0.3) is 0 Å². The highest BCUT2D eigenvalue weighted by atomic mass is 35.5.